The molecule has 1 amide bonds. The van der Waals surface area contributed by atoms with Crippen LogP contribution in [-0.2, 0) is 0 Å². The lowest BCUT2D eigenvalue weighted by molar-refractivity contribution is 0.0939. The molecule has 0 saturated heterocycles. The number of nitrogens with one attached hydrogen (secondary N) is 1. The van der Waals surface area contributed by atoms with Gasteiger partial charge in [-0.1, -0.05) is 30.3 Å². The fraction of sp³-hybridized carbons (Fsp3) is 0.208. The van der Waals surface area contributed by atoms with E-state index in [4.69, 9.17) is 0 Å². The van der Waals surface area contributed by atoms with Gasteiger partial charge in [0.05, 0.1) is 35.5 Å². The molecule has 1 aliphatic rings. The summed E-state index contributed by atoms with van der Waals surface area (Å²) in [5, 5.41) is 7.70. The van der Waals surface area contributed by atoms with Crippen molar-refractivity contribution in [3.8, 4) is 11.4 Å². The van der Waals surface area contributed by atoms with E-state index < -0.39 is 0 Å². The highest BCUT2D eigenvalue weighted by Gasteiger charge is 2.33. The number of hydrogen-bond acceptors (Lipinski definition) is 3. The van der Waals surface area contributed by atoms with E-state index in [1.165, 1.54) is 0 Å². The Morgan fingerprint density at radius 1 is 1.10 bits per heavy atom. The number of nitrogens with zero attached hydrogens (tertiary/aromatic N) is 4. The zero-order chi connectivity index (χ0) is 20.5. The van der Waals surface area contributed by atoms with Gasteiger partial charge in [0.1, 0.15) is 0 Å². The first-order chi connectivity index (χ1) is 14.7. The Kier molecular flexibility index (Phi) is 4.67. The Morgan fingerprint density at radius 2 is 1.90 bits per heavy atom. The minimum absolute atomic E-state index is 0.0837. The standard InChI is InChI=1S/C24H23N5O/c1-17(19-6-5-9-21(14-19)28-13-12-25-16-28)27-24(30)22-15-26-29(23(22)18-10-11-18)20-7-3-2-4-8-20/h2-9,12-18H,10-11H2,1H3,(H,27,30). The van der Waals surface area contributed by atoms with Crippen LogP contribution in [0.2, 0.25) is 0 Å². The maximum Gasteiger partial charge on any atom is 0.255 e. The number of carbonyl (C=O) groups excluding carboxylic acids is 1. The third-order valence-electron chi connectivity index (χ3n) is 5.54. The van der Waals surface area contributed by atoms with Gasteiger partial charge in [-0.25, -0.2) is 9.67 Å². The molecule has 2 heterocycles. The van der Waals surface area contributed by atoms with Crippen molar-refractivity contribution in [3.63, 3.8) is 0 Å². The van der Waals surface area contributed by atoms with Crippen LogP contribution in [0.15, 0.2) is 79.5 Å². The number of carbonyl (C=O) groups is 1. The van der Waals surface area contributed by atoms with Crippen LogP contribution < -0.4 is 5.32 Å². The first kappa shape index (κ1) is 18.4. The van der Waals surface area contributed by atoms with Crippen molar-refractivity contribution in [3.05, 3.63) is 96.3 Å². The average Bonchev–Trinajstić information content (AvgIpc) is 3.28. The average molecular weight is 397 g/mol. The van der Waals surface area contributed by atoms with Gasteiger partial charge in [-0.3, -0.25) is 4.79 Å². The van der Waals surface area contributed by atoms with Gasteiger partial charge in [0.15, 0.2) is 0 Å². The lowest BCUT2D eigenvalue weighted by Gasteiger charge is -2.16. The molecule has 0 aliphatic heterocycles. The van der Waals surface area contributed by atoms with Gasteiger partial charge in [-0.05, 0) is 49.6 Å². The van der Waals surface area contributed by atoms with Crippen LogP contribution in [0.25, 0.3) is 11.4 Å². The number of hydrogen-bond donors (Lipinski definition) is 1. The predicted molar refractivity (Wildman–Crippen MR) is 115 cm³/mol. The number of imidazole rings is 1. The smallest absolute Gasteiger partial charge is 0.255 e. The summed E-state index contributed by atoms with van der Waals surface area (Å²) in [6.45, 7) is 2.00. The third kappa shape index (κ3) is 3.52. The lowest BCUT2D eigenvalue weighted by Crippen LogP contribution is -2.27. The fourth-order valence-corrected chi connectivity index (χ4v) is 3.78. The summed E-state index contributed by atoms with van der Waals surface area (Å²) < 4.78 is 3.87. The Bertz CT molecular complexity index is 1160. The number of benzene rings is 2. The Balaban J connectivity index is 1.40. The van der Waals surface area contributed by atoms with Crippen molar-refractivity contribution < 1.29 is 4.79 Å². The van der Waals surface area contributed by atoms with Gasteiger partial charge in [0, 0.05) is 24.0 Å². The van der Waals surface area contributed by atoms with E-state index in [0.717, 1.165) is 35.5 Å². The van der Waals surface area contributed by atoms with E-state index in [9.17, 15) is 4.79 Å². The number of rotatable bonds is 6. The van der Waals surface area contributed by atoms with Gasteiger partial charge in [-0.15, -0.1) is 0 Å². The van der Waals surface area contributed by atoms with E-state index in [1.54, 1.807) is 18.7 Å². The largest absolute Gasteiger partial charge is 0.345 e. The number of para-hydroxylation sites is 1. The molecule has 30 heavy (non-hydrogen) atoms. The molecule has 6 heteroatoms. The molecule has 1 atom stereocenters. The highest BCUT2D eigenvalue weighted by atomic mass is 16.1. The molecule has 6 nitrogen and oxygen atoms in total. The van der Waals surface area contributed by atoms with E-state index >= 15 is 0 Å². The van der Waals surface area contributed by atoms with Crippen LogP contribution in [0.5, 0.6) is 0 Å². The van der Waals surface area contributed by atoms with Gasteiger partial charge in [-0.2, -0.15) is 5.10 Å². The topological polar surface area (TPSA) is 64.7 Å². The first-order valence-electron chi connectivity index (χ1n) is 10.2. The van der Waals surface area contributed by atoms with Crippen LogP contribution in [0.4, 0.5) is 0 Å². The van der Waals surface area contributed by atoms with Gasteiger partial charge >= 0.3 is 0 Å². The fourth-order valence-electron chi connectivity index (χ4n) is 3.78. The van der Waals surface area contributed by atoms with Gasteiger partial charge in [0.25, 0.3) is 5.91 Å². The van der Waals surface area contributed by atoms with Crippen molar-refractivity contribution in [2.75, 3.05) is 0 Å². The normalized spacial score (nSPS) is 14.4. The summed E-state index contributed by atoms with van der Waals surface area (Å²) in [7, 11) is 0. The number of amides is 1. The van der Waals surface area contributed by atoms with Gasteiger partial charge in [0.2, 0.25) is 0 Å². The molecule has 1 fully saturated rings. The minimum atomic E-state index is -0.131. The zero-order valence-corrected chi connectivity index (χ0v) is 16.8. The molecule has 0 radical (unpaired) electrons. The van der Waals surface area contributed by atoms with Crippen molar-refractivity contribution >= 4 is 5.91 Å². The minimum Gasteiger partial charge on any atom is -0.345 e. The molecule has 0 bridgehead atoms. The summed E-state index contributed by atoms with van der Waals surface area (Å²) in [6, 6.07) is 18.0. The lowest BCUT2D eigenvalue weighted by atomic mass is 10.1. The van der Waals surface area contributed by atoms with Crippen LogP contribution in [0.1, 0.15) is 53.3 Å². The number of aromatic nitrogens is 4. The van der Waals surface area contributed by atoms with Crippen molar-refractivity contribution in [1.82, 2.24) is 24.6 Å². The molecule has 1 N–H and O–H groups in total. The third-order valence-corrected chi connectivity index (χ3v) is 5.54. The molecular weight excluding hydrogens is 374 g/mol. The second-order valence-electron chi connectivity index (χ2n) is 7.73. The van der Waals surface area contributed by atoms with E-state index in [1.807, 2.05) is 70.9 Å². The highest BCUT2D eigenvalue weighted by Crippen LogP contribution is 2.42. The molecular formula is C24H23N5O. The van der Waals surface area contributed by atoms with E-state index in [-0.39, 0.29) is 11.9 Å². The molecule has 1 aliphatic carbocycles. The first-order valence-corrected chi connectivity index (χ1v) is 10.2. The zero-order valence-electron chi connectivity index (χ0n) is 16.8. The molecule has 2 aromatic heterocycles. The molecule has 1 saturated carbocycles. The van der Waals surface area contributed by atoms with Gasteiger partial charge < -0.3 is 9.88 Å². The quantitative estimate of drug-likeness (QED) is 0.524. The maximum atomic E-state index is 13.2. The van der Waals surface area contributed by atoms with Crippen LogP contribution >= 0.6 is 0 Å². The second-order valence-corrected chi connectivity index (χ2v) is 7.73. The molecule has 4 aromatic rings. The van der Waals surface area contributed by atoms with Crippen molar-refractivity contribution in [2.24, 2.45) is 0 Å². The summed E-state index contributed by atoms with van der Waals surface area (Å²) in [5.41, 5.74) is 4.72. The molecule has 0 spiro atoms. The molecule has 150 valence electrons. The SMILES string of the molecule is CC(NC(=O)c1cnn(-c2ccccc2)c1C1CC1)c1cccc(-n2ccnc2)c1. The molecule has 5 rings (SSSR count). The van der Waals surface area contributed by atoms with Crippen LogP contribution in [0.3, 0.4) is 0 Å². The summed E-state index contributed by atoms with van der Waals surface area (Å²) in [6.07, 6.45) is 9.32. The van der Waals surface area contributed by atoms with Crippen LogP contribution in [-0.4, -0.2) is 25.2 Å². The Hall–Kier alpha value is -3.67. The Morgan fingerprint density at radius 3 is 2.63 bits per heavy atom. The van der Waals surface area contributed by atoms with Crippen molar-refractivity contribution in [2.45, 2.75) is 31.7 Å². The van der Waals surface area contributed by atoms with Crippen molar-refractivity contribution in [1.29, 1.82) is 0 Å². The second kappa shape index (κ2) is 7.63. The Labute approximate surface area is 175 Å². The van der Waals surface area contributed by atoms with E-state index in [0.29, 0.717) is 11.5 Å². The monoisotopic (exact) mass is 397 g/mol. The molecule has 1 unspecified atom stereocenters. The summed E-state index contributed by atoms with van der Waals surface area (Å²) >= 11 is 0. The summed E-state index contributed by atoms with van der Waals surface area (Å²) in [5.74, 6) is 0.313. The highest BCUT2D eigenvalue weighted by molar-refractivity contribution is 5.95. The molecule has 2 aromatic carbocycles. The van der Waals surface area contributed by atoms with E-state index in [2.05, 4.69) is 21.5 Å². The predicted octanol–water partition coefficient (Wildman–Crippen LogP) is 4.43. The summed E-state index contributed by atoms with van der Waals surface area (Å²) in [4.78, 5) is 17.3. The maximum absolute atomic E-state index is 13.2. The van der Waals surface area contributed by atoms with Crippen LogP contribution in [0, 0.1) is 0 Å².